The third kappa shape index (κ3) is 2.12. The second-order valence-electron chi connectivity index (χ2n) is 5.58. The lowest BCUT2D eigenvalue weighted by Gasteiger charge is -2.09. The Morgan fingerprint density at radius 3 is 2.18 bits per heavy atom. The molecule has 0 saturated carbocycles. The molecule has 110 valence electrons. The molecule has 4 rings (SSSR count). The lowest BCUT2D eigenvalue weighted by molar-refractivity contribution is -0.633. The molecule has 2 atom stereocenters. The van der Waals surface area contributed by atoms with E-state index in [2.05, 4.69) is 29.7 Å². The summed E-state index contributed by atoms with van der Waals surface area (Å²) in [5.74, 6) is -0.0331. The van der Waals surface area contributed by atoms with Crippen molar-refractivity contribution in [3.05, 3.63) is 71.8 Å². The average Bonchev–Trinajstić information content (AvgIpc) is 3.15. The van der Waals surface area contributed by atoms with Gasteiger partial charge >= 0.3 is 0 Å². The number of ether oxygens (including phenoxy) is 1. The SMILES string of the molecule is O=C1N[N+](=C(c2ccccc2)c2ccccc2)C2OCCC12. The summed E-state index contributed by atoms with van der Waals surface area (Å²) in [4.78, 5) is 12.2. The molecule has 0 aromatic heterocycles. The smallest absolute Gasteiger partial charge is 0.298 e. The number of hydrogen-bond acceptors (Lipinski definition) is 2. The molecule has 2 fully saturated rings. The van der Waals surface area contributed by atoms with Crippen molar-refractivity contribution in [1.29, 1.82) is 0 Å². The summed E-state index contributed by atoms with van der Waals surface area (Å²) >= 11 is 0. The highest BCUT2D eigenvalue weighted by molar-refractivity contribution is 6.10. The van der Waals surface area contributed by atoms with Gasteiger partial charge in [0.05, 0.1) is 6.61 Å². The Labute approximate surface area is 129 Å². The lowest BCUT2D eigenvalue weighted by atomic mass is 10.0. The second-order valence-corrected chi connectivity index (χ2v) is 5.58. The highest BCUT2D eigenvalue weighted by atomic mass is 16.5. The number of carbonyl (C=O) groups is 1. The number of hydrogen-bond donors (Lipinski definition) is 1. The summed E-state index contributed by atoms with van der Waals surface area (Å²) in [6.45, 7) is 0.635. The first-order valence-corrected chi connectivity index (χ1v) is 7.54. The van der Waals surface area contributed by atoms with E-state index in [0.717, 1.165) is 23.3 Å². The minimum atomic E-state index is -0.220. The van der Waals surface area contributed by atoms with Gasteiger partial charge < -0.3 is 4.74 Å². The summed E-state index contributed by atoms with van der Waals surface area (Å²) in [5, 5.41) is 0. The third-order valence-electron chi connectivity index (χ3n) is 4.22. The predicted molar refractivity (Wildman–Crippen MR) is 82.3 cm³/mol. The number of benzene rings is 2. The Morgan fingerprint density at radius 2 is 1.59 bits per heavy atom. The van der Waals surface area contributed by atoms with E-state index in [1.54, 1.807) is 0 Å². The van der Waals surface area contributed by atoms with Crippen molar-refractivity contribution in [1.82, 2.24) is 5.43 Å². The first kappa shape index (κ1) is 13.2. The van der Waals surface area contributed by atoms with Crippen molar-refractivity contribution >= 4 is 11.6 Å². The molecule has 2 saturated heterocycles. The summed E-state index contributed by atoms with van der Waals surface area (Å²) in [7, 11) is 0. The molecule has 2 aliphatic rings. The highest BCUT2D eigenvalue weighted by Gasteiger charge is 2.51. The van der Waals surface area contributed by atoms with Crippen LogP contribution < -0.4 is 5.43 Å². The van der Waals surface area contributed by atoms with Crippen LogP contribution in [-0.2, 0) is 9.53 Å². The van der Waals surface area contributed by atoms with Crippen LogP contribution in [0.15, 0.2) is 60.7 Å². The van der Waals surface area contributed by atoms with Gasteiger partial charge in [0.2, 0.25) is 5.71 Å². The van der Waals surface area contributed by atoms with Crippen LogP contribution in [-0.4, -0.2) is 29.1 Å². The van der Waals surface area contributed by atoms with E-state index < -0.39 is 0 Å². The zero-order valence-electron chi connectivity index (χ0n) is 12.1. The number of nitrogens with one attached hydrogen (secondary N) is 1. The summed E-state index contributed by atoms with van der Waals surface area (Å²) in [6, 6.07) is 20.2. The van der Waals surface area contributed by atoms with Gasteiger partial charge in [-0.15, -0.1) is 5.43 Å². The molecule has 2 aliphatic heterocycles. The molecule has 4 nitrogen and oxygen atoms in total. The molecule has 0 bridgehead atoms. The summed E-state index contributed by atoms with van der Waals surface area (Å²) in [5.41, 5.74) is 6.08. The first-order chi connectivity index (χ1) is 10.8. The molecule has 0 aliphatic carbocycles. The molecule has 2 heterocycles. The maximum Gasteiger partial charge on any atom is 0.298 e. The molecule has 0 spiro atoms. The van der Waals surface area contributed by atoms with Crippen molar-refractivity contribution in [2.45, 2.75) is 12.6 Å². The topological polar surface area (TPSA) is 41.3 Å². The van der Waals surface area contributed by atoms with Crippen molar-refractivity contribution in [3.63, 3.8) is 0 Å². The van der Waals surface area contributed by atoms with E-state index in [4.69, 9.17) is 4.74 Å². The van der Waals surface area contributed by atoms with Crippen molar-refractivity contribution < 1.29 is 14.2 Å². The molecule has 2 aromatic rings. The van der Waals surface area contributed by atoms with Crippen molar-refractivity contribution in [2.24, 2.45) is 5.92 Å². The minimum Gasteiger partial charge on any atom is -0.319 e. The number of amides is 1. The fourth-order valence-electron chi connectivity index (χ4n) is 3.17. The number of fused-ring (bicyclic) bond motifs is 1. The number of nitrogens with zero attached hydrogens (tertiary/aromatic N) is 1. The Kier molecular flexibility index (Phi) is 3.24. The quantitative estimate of drug-likeness (QED) is 0.860. The van der Waals surface area contributed by atoms with Gasteiger partial charge in [-0.05, 0) is 30.7 Å². The Balaban J connectivity index is 1.91. The van der Waals surface area contributed by atoms with Gasteiger partial charge in [-0.25, -0.2) is 0 Å². The molecule has 0 radical (unpaired) electrons. The van der Waals surface area contributed by atoms with E-state index >= 15 is 0 Å². The van der Waals surface area contributed by atoms with Gasteiger partial charge in [0.15, 0.2) is 0 Å². The van der Waals surface area contributed by atoms with Gasteiger partial charge in [0.1, 0.15) is 5.92 Å². The first-order valence-electron chi connectivity index (χ1n) is 7.54. The van der Waals surface area contributed by atoms with Crippen LogP contribution in [0.3, 0.4) is 0 Å². The number of hydrazone groups is 1. The Hall–Kier alpha value is -2.46. The van der Waals surface area contributed by atoms with Gasteiger partial charge in [-0.1, -0.05) is 41.1 Å². The second kappa shape index (κ2) is 5.39. The molecule has 4 heteroatoms. The normalized spacial score (nSPS) is 23.3. The van der Waals surface area contributed by atoms with Gasteiger partial charge in [-0.3, -0.25) is 4.79 Å². The predicted octanol–water partition coefficient (Wildman–Crippen LogP) is 1.94. The Morgan fingerprint density at radius 1 is 1.00 bits per heavy atom. The van der Waals surface area contributed by atoms with Crippen LogP contribution >= 0.6 is 0 Å². The van der Waals surface area contributed by atoms with Crippen LogP contribution in [0.4, 0.5) is 0 Å². The average molecular weight is 293 g/mol. The Bertz CT molecular complexity index is 684. The molecule has 2 unspecified atom stereocenters. The van der Waals surface area contributed by atoms with E-state index in [1.807, 2.05) is 41.1 Å². The molecule has 1 amide bonds. The minimum absolute atomic E-state index is 0.0480. The standard InChI is InChI=1S/C18H16N2O2/c21-17-15-11-12-22-18(15)20(19-17)16(13-7-3-1-4-8-13)14-9-5-2-6-10-14/h1-10,15,18H,11-12H2/p+1. The van der Waals surface area contributed by atoms with Gasteiger partial charge in [0, 0.05) is 11.1 Å². The van der Waals surface area contributed by atoms with Crippen LogP contribution in [0.1, 0.15) is 17.5 Å². The number of rotatable bonds is 2. The van der Waals surface area contributed by atoms with E-state index in [-0.39, 0.29) is 18.1 Å². The zero-order valence-corrected chi connectivity index (χ0v) is 12.1. The van der Waals surface area contributed by atoms with Crippen molar-refractivity contribution in [2.75, 3.05) is 6.61 Å². The highest BCUT2D eigenvalue weighted by Crippen LogP contribution is 2.27. The monoisotopic (exact) mass is 293 g/mol. The number of hydrazine groups is 1. The molecular weight excluding hydrogens is 276 g/mol. The van der Waals surface area contributed by atoms with E-state index in [0.29, 0.717) is 6.61 Å². The van der Waals surface area contributed by atoms with E-state index in [9.17, 15) is 4.79 Å². The van der Waals surface area contributed by atoms with Crippen LogP contribution in [0, 0.1) is 5.92 Å². The molecule has 2 aromatic carbocycles. The summed E-state index contributed by atoms with van der Waals surface area (Å²) in [6.07, 6.45) is 0.562. The van der Waals surface area contributed by atoms with Gasteiger partial charge in [-0.2, -0.15) is 0 Å². The largest absolute Gasteiger partial charge is 0.319 e. The maximum atomic E-state index is 12.2. The fourth-order valence-corrected chi connectivity index (χ4v) is 3.17. The third-order valence-corrected chi connectivity index (χ3v) is 4.22. The summed E-state index contributed by atoms with van der Waals surface area (Å²) < 4.78 is 7.70. The van der Waals surface area contributed by atoms with Crippen LogP contribution in [0.2, 0.25) is 0 Å². The lowest BCUT2D eigenvalue weighted by Crippen LogP contribution is -2.36. The van der Waals surface area contributed by atoms with E-state index in [1.165, 1.54) is 0 Å². The zero-order chi connectivity index (χ0) is 14.9. The van der Waals surface area contributed by atoms with Gasteiger partial charge in [0.25, 0.3) is 12.1 Å². The fraction of sp³-hybridized carbons (Fsp3) is 0.222. The molecule has 1 N–H and O–H groups in total. The van der Waals surface area contributed by atoms with Crippen LogP contribution in [0.5, 0.6) is 0 Å². The van der Waals surface area contributed by atoms with Crippen LogP contribution in [0.25, 0.3) is 0 Å². The van der Waals surface area contributed by atoms with Crippen molar-refractivity contribution in [3.8, 4) is 0 Å². The molecule has 22 heavy (non-hydrogen) atoms. The molecular formula is C18H17N2O2+. The maximum absolute atomic E-state index is 12.2. The number of carbonyl (C=O) groups excluding carboxylic acids is 1.